The van der Waals surface area contributed by atoms with Gasteiger partial charge in [-0.15, -0.1) is 11.3 Å². The Labute approximate surface area is 134 Å². The smallest absolute Gasteiger partial charge is 0.183 e. The molecule has 1 N–H and O–H groups in total. The first-order valence-corrected chi connectivity index (χ1v) is 8.21. The molecule has 0 unspecified atom stereocenters. The van der Waals surface area contributed by atoms with Crippen molar-refractivity contribution in [3.05, 3.63) is 23.6 Å². The number of benzene rings is 1. The molecule has 1 atom stereocenters. The van der Waals surface area contributed by atoms with E-state index in [-0.39, 0.29) is 0 Å². The normalized spacial score (nSPS) is 17.5. The standard InChI is InChI=1S/C16H20N2O3S/c1-19-14-6-5-11(8-15(14)20-2)13-10-22-16(18-13)17-9-12-4-3-7-21-12/h5-6,8,10,12H,3-4,7,9H2,1-2H3,(H,17,18)/t12-/m0/s1. The van der Waals surface area contributed by atoms with Crippen LogP contribution >= 0.6 is 11.3 Å². The first-order valence-electron chi connectivity index (χ1n) is 7.33. The van der Waals surface area contributed by atoms with E-state index in [2.05, 4.69) is 10.3 Å². The molecule has 0 radical (unpaired) electrons. The number of rotatable bonds is 6. The highest BCUT2D eigenvalue weighted by atomic mass is 32.1. The van der Waals surface area contributed by atoms with Crippen molar-refractivity contribution in [2.75, 3.05) is 32.7 Å². The van der Waals surface area contributed by atoms with Crippen LogP contribution in [-0.2, 0) is 4.74 Å². The molecule has 0 spiro atoms. The molecule has 3 rings (SSSR count). The zero-order chi connectivity index (χ0) is 15.4. The lowest BCUT2D eigenvalue weighted by atomic mass is 10.1. The average molecular weight is 320 g/mol. The molecule has 118 valence electrons. The van der Waals surface area contributed by atoms with Crippen molar-refractivity contribution >= 4 is 16.5 Å². The van der Waals surface area contributed by atoms with Crippen LogP contribution in [0.25, 0.3) is 11.3 Å². The van der Waals surface area contributed by atoms with Crippen LogP contribution in [0.2, 0.25) is 0 Å². The molecular formula is C16H20N2O3S. The van der Waals surface area contributed by atoms with Crippen LogP contribution in [0.4, 0.5) is 5.13 Å². The number of anilines is 1. The van der Waals surface area contributed by atoms with Crippen LogP contribution in [0.15, 0.2) is 23.6 Å². The van der Waals surface area contributed by atoms with E-state index in [1.54, 1.807) is 25.6 Å². The van der Waals surface area contributed by atoms with Gasteiger partial charge in [0.15, 0.2) is 16.6 Å². The van der Waals surface area contributed by atoms with Crippen molar-refractivity contribution in [2.45, 2.75) is 18.9 Å². The minimum absolute atomic E-state index is 0.313. The van der Waals surface area contributed by atoms with Gasteiger partial charge in [0.1, 0.15) is 0 Å². The SMILES string of the molecule is COc1ccc(-c2csc(NC[C@@H]3CCCO3)n2)cc1OC. The Morgan fingerprint density at radius 2 is 2.18 bits per heavy atom. The van der Waals surface area contributed by atoms with Gasteiger partial charge in [-0.2, -0.15) is 0 Å². The van der Waals surface area contributed by atoms with Gasteiger partial charge in [-0.05, 0) is 31.0 Å². The molecule has 6 heteroatoms. The summed E-state index contributed by atoms with van der Waals surface area (Å²) < 4.78 is 16.2. The summed E-state index contributed by atoms with van der Waals surface area (Å²) in [7, 11) is 3.27. The molecule has 5 nitrogen and oxygen atoms in total. The third-order valence-electron chi connectivity index (χ3n) is 3.69. The number of nitrogens with zero attached hydrogens (tertiary/aromatic N) is 1. The Kier molecular flexibility index (Phi) is 4.80. The Balaban J connectivity index is 1.70. The van der Waals surface area contributed by atoms with E-state index >= 15 is 0 Å². The lowest BCUT2D eigenvalue weighted by Crippen LogP contribution is -2.18. The summed E-state index contributed by atoms with van der Waals surface area (Å²) in [4.78, 5) is 4.63. The molecule has 1 aliphatic rings. The minimum Gasteiger partial charge on any atom is -0.493 e. The summed E-state index contributed by atoms with van der Waals surface area (Å²) in [5, 5.41) is 6.31. The van der Waals surface area contributed by atoms with E-state index in [0.29, 0.717) is 11.9 Å². The molecule has 0 amide bonds. The summed E-state index contributed by atoms with van der Waals surface area (Å²) in [5.74, 6) is 1.43. The first-order chi connectivity index (χ1) is 10.8. The lowest BCUT2D eigenvalue weighted by Gasteiger charge is -2.09. The van der Waals surface area contributed by atoms with Crippen molar-refractivity contribution in [1.82, 2.24) is 4.98 Å². The number of thiazole rings is 1. The molecule has 0 aliphatic carbocycles. The molecule has 22 heavy (non-hydrogen) atoms. The topological polar surface area (TPSA) is 52.6 Å². The van der Waals surface area contributed by atoms with E-state index in [4.69, 9.17) is 14.2 Å². The molecule has 2 aromatic rings. The Morgan fingerprint density at radius 1 is 1.32 bits per heavy atom. The van der Waals surface area contributed by atoms with Gasteiger partial charge >= 0.3 is 0 Å². The minimum atomic E-state index is 0.313. The molecule has 1 aliphatic heterocycles. The molecule has 1 aromatic heterocycles. The van der Waals surface area contributed by atoms with E-state index in [0.717, 1.165) is 48.1 Å². The van der Waals surface area contributed by atoms with Crippen molar-refractivity contribution in [1.29, 1.82) is 0 Å². The molecule has 1 fully saturated rings. The van der Waals surface area contributed by atoms with Gasteiger partial charge in [-0.25, -0.2) is 4.98 Å². The predicted octanol–water partition coefficient (Wildman–Crippen LogP) is 3.42. The van der Waals surface area contributed by atoms with E-state index in [1.165, 1.54) is 0 Å². The van der Waals surface area contributed by atoms with Gasteiger partial charge < -0.3 is 19.5 Å². The third-order valence-corrected chi connectivity index (χ3v) is 4.49. The van der Waals surface area contributed by atoms with Gasteiger partial charge in [0.25, 0.3) is 0 Å². The van der Waals surface area contributed by atoms with Crippen molar-refractivity contribution < 1.29 is 14.2 Å². The van der Waals surface area contributed by atoms with E-state index < -0.39 is 0 Å². The van der Waals surface area contributed by atoms with Gasteiger partial charge in [0, 0.05) is 24.1 Å². The van der Waals surface area contributed by atoms with E-state index in [9.17, 15) is 0 Å². The Morgan fingerprint density at radius 3 is 2.91 bits per heavy atom. The second kappa shape index (κ2) is 6.98. The summed E-state index contributed by atoms with van der Waals surface area (Å²) >= 11 is 1.60. The molecule has 0 bridgehead atoms. The van der Waals surface area contributed by atoms with Crippen LogP contribution in [0, 0.1) is 0 Å². The maximum Gasteiger partial charge on any atom is 0.183 e. The molecule has 2 heterocycles. The van der Waals surface area contributed by atoms with Crippen LogP contribution in [0.1, 0.15) is 12.8 Å². The molecular weight excluding hydrogens is 300 g/mol. The monoisotopic (exact) mass is 320 g/mol. The number of nitrogens with one attached hydrogen (secondary N) is 1. The average Bonchev–Trinajstić information content (AvgIpc) is 3.23. The second-order valence-electron chi connectivity index (χ2n) is 5.12. The molecule has 0 saturated carbocycles. The van der Waals surface area contributed by atoms with Crippen LogP contribution in [0.5, 0.6) is 11.5 Å². The van der Waals surface area contributed by atoms with E-state index in [1.807, 2.05) is 23.6 Å². The van der Waals surface area contributed by atoms with Crippen LogP contribution in [-0.4, -0.2) is 38.5 Å². The molecule has 1 saturated heterocycles. The van der Waals surface area contributed by atoms with Gasteiger partial charge in [-0.3, -0.25) is 0 Å². The Hall–Kier alpha value is -1.79. The Bertz CT molecular complexity index is 624. The summed E-state index contributed by atoms with van der Waals surface area (Å²) in [6, 6.07) is 5.82. The van der Waals surface area contributed by atoms with Crippen molar-refractivity contribution in [3.8, 4) is 22.8 Å². The highest BCUT2D eigenvalue weighted by Crippen LogP contribution is 2.33. The van der Waals surface area contributed by atoms with Crippen LogP contribution in [0.3, 0.4) is 0 Å². The van der Waals surface area contributed by atoms with Gasteiger partial charge in [-0.1, -0.05) is 0 Å². The van der Waals surface area contributed by atoms with Crippen molar-refractivity contribution in [2.24, 2.45) is 0 Å². The molecule has 1 aromatic carbocycles. The van der Waals surface area contributed by atoms with Gasteiger partial charge in [0.2, 0.25) is 0 Å². The quantitative estimate of drug-likeness (QED) is 0.884. The van der Waals surface area contributed by atoms with Crippen molar-refractivity contribution in [3.63, 3.8) is 0 Å². The summed E-state index contributed by atoms with van der Waals surface area (Å²) in [6.07, 6.45) is 2.59. The number of aromatic nitrogens is 1. The zero-order valence-corrected chi connectivity index (χ0v) is 13.6. The highest BCUT2D eigenvalue weighted by molar-refractivity contribution is 7.14. The maximum atomic E-state index is 5.61. The first kappa shape index (κ1) is 15.1. The second-order valence-corrected chi connectivity index (χ2v) is 5.98. The number of hydrogen-bond acceptors (Lipinski definition) is 6. The van der Waals surface area contributed by atoms with Crippen LogP contribution < -0.4 is 14.8 Å². The van der Waals surface area contributed by atoms with Gasteiger partial charge in [0.05, 0.1) is 26.0 Å². The summed E-state index contributed by atoms with van der Waals surface area (Å²) in [5.41, 5.74) is 1.94. The highest BCUT2D eigenvalue weighted by Gasteiger charge is 2.16. The summed E-state index contributed by atoms with van der Waals surface area (Å²) in [6.45, 7) is 1.69. The lowest BCUT2D eigenvalue weighted by molar-refractivity contribution is 0.120. The number of ether oxygens (including phenoxy) is 3. The largest absolute Gasteiger partial charge is 0.493 e. The fourth-order valence-electron chi connectivity index (χ4n) is 2.49. The number of hydrogen-bond donors (Lipinski definition) is 1. The maximum absolute atomic E-state index is 5.61. The third kappa shape index (κ3) is 3.34. The zero-order valence-electron chi connectivity index (χ0n) is 12.8. The number of methoxy groups -OCH3 is 2. The fraction of sp³-hybridized carbons (Fsp3) is 0.438. The predicted molar refractivity (Wildman–Crippen MR) is 88.1 cm³/mol. The fourth-order valence-corrected chi connectivity index (χ4v) is 3.22.